The van der Waals surface area contributed by atoms with Crippen LogP contribution in [0.5, 0.6) is 0 Å². The van der Waals surface area contributed by atoms with E-state index >= 15 is 0 Å². The molecule has 210 valence electrons. The fourth-order valence-corrected chi connectivity index (χ4v) is 13.7. The summed E-state index contributed by atoms with van der Waals surface area (Å²) in [6.07, 6.45) is 0.987. The molecule has 1 nitrogen and oxygen atoms in total. The monoisotopic (exact) mass is 587 g/mol. The third kappa shape index (κ3) is 3.27. The second-order valence-corrected chi connectivity index (χ2v) is 16.2. The number of aromatic nitrogens is 1. The van der Waals surface area contributed by atoms with Gasteiger partial charge in [-0.2, -0.15) is 0 Å². The fraction of sp³-hybridized carbons (Fsp3) is 0.0233. The van der Waals surface area contributed by atoms with Gasteiger partial charge in [-0.05, 0) is 73.2 Å². The third-order valence-corrected chi connectivity index (χ3v) is 15.2. The number of rotatable bonds is 3. The third-order valence-electron chi connectivity index (χ3n) is 10.3. The number of fused-ring (bicyclic) bond motifs is 10. The Hall–Kier alpha value is -5.44. The van der Waals surface area contributed by atoms with Crippen molar-refractivity contribution in [1.82, 2.24) is 4.57 Å². The van der Waals surface area contributed by atoms with Gasteiger partial charge < -0.3 is 4.57 Å². The Labute approximate surface area is 263 Å². The van der Waals surface area contributed by atoms with Gasteiger partial charge in [0.2, 0.25) is 0 Å². The summed E-state index contributed by atoms with van der Waals surface area (Å²) in [7, 11) is -2.59. The van der Waals surface area contributed by atoms with Crippen molar-refractivity contribution in [2.45, 2.75) is 6.42 Å². The normalized spacial score (nSPS) is 13.9. The minimum atomic E-state index is -2.59. The van der Waals surface area contributed by atoms with E-state index in [1.54, 1.807) is 0 Å². The maximum Gasteiger partial charge on any atom is 0.180 e. The predicted octanol–water partition coefficient (Wildman–Crippen LogP) is 7.71. The zero-order valence-electron chi connectivity index (χ0n) is 24.7. The van der Waals surface area contributed by atoms with Crippen LogP contribution in [-0.2, 0) is 6.42 Å². The smallest absolute Gasteiger partial charge is 0.180 e. The van der Waals surface area contributed by atoms with Crippen LogP contribution in [0, 0.1) is 0 Å². The second kappa shape index (κ2) is 9.28. The molecule has 0 saturated heterocycles. The van der Waals surface area contributed by atoms with Crippen LogP contribution in [0.15, 0.2) is 164 Å². The molecule has 0 bridgehead atoms. The summed E-state index contributed by atoms with van der Waals surface area (Å²) in [6, 6.07) is 61.7. The van der Waals surface area contributed by atoms with Crippen molar-refractivity contribution in [2.24, 2.45) is 0 Å². The Bertz CT molecular complexity index is 2410. The van der Waals surface area contributed by atoms with Crippen molar-refractivity contribution < 1.29 is 0 Å². The fourth-order valence-electron chi connectivity index (χ4n) is 8.51. The van der Waals surface area contributed by atoms with Gasteiger partial charge in [0.15, 0.2) is 8.07 Å². The van der Waals surface area contributed by atoms with Crippen molar-refractivity contribution in [3.63, 3.8) is 0 Å². The lowest BCUT2D eigenvalue weighted by Crippen LogP contribution is -2.72. The lowest BCUT2D eigenvalue weighted by atomic mass is 10.0. The Kier molecular flexibility index (Phi) is 5.14. The molecule has 0 unspecified atom stereocenters. The standard InChI is InChI=1S/C43H29NSi/c1-3-14-31(15-4-1)44-39-26-24-33(28-38(39)37-25-23-30-27-29-13-7-8-18-34(29)42(30)43(37)44)45(32-16-5-2-6-17-32)40-21-11-9-19-35(40)36-20-10-12-22-41(36)45/h1-26,28H,27H2. The van der Waals surface area contributed by atoms with Gasteiger partial charge >= 0.3 is 0 Å². The second-order valence-electron chi connectivity index (χ2n) is 12.4. The van der Waals surface area contributed by atoms with Gasteiger partial charge in [-0.3, -0.25) is 0 Å². The zero-order chi connectivity index (χ0) is 29.5. The topological polar surface area (TPSA) is 4.93 Å². The van der Waals surface area contributed by atoms with Crippen molar-refractivity contribution in [2.75, 3.05) is 0 Å². The van der Waals surface area contributed by atoms with Crippen molar-refractivity contribution >= 4 is 50.6 Å². The quantitative estimate of drug-likeness (QED) is 0.187. The highest BCUT2D eigenvalue weighted by Crippen LogP contribution is 2.45. The van der Waals surface area contributed by atoms with E-state index in [4.69, 9.17) is 0 Å². The molecule has 2 aliphatic rings. The molecule has 2 heterocycles. The van der Waals surface area contributed by atoms with Gasteiger partial charge in [0.25, 0.3) is 0 Å². The van der Waals surface area contributed by atoms with Crippen LogP contribution in [0.2, 0.25) is 0 Å². The van der Waals surface area contributed by atoms with Gasteiger partial charge in [-0.15, -0.1) is 0 Å². The van der Waals surface area contributed by atoms with E-state index < -0.39 is 8.07 Å². The average molecular weight is 588 g/mol. The van der Waals surface area contributed by atoms with Crippen molar-refractivity contribution in [1.29, 1.82) is 0 Å². The molecule has 2 heteroatoms. The summed E-state index contributed by atoms with van der Waals surface area (Å²) in [6.45, 7) is 0. The molecular formula is C43H29NSi. The summed E-state index contributed by atoms with van der Waals surface area (Å²) in [5.41, 5.74) is 12.1. The number of para-hydroxylation sites is 1. The van der Waals surface area contributed by atoms with Gasteiger partial charge in [-0.1, -0.05) is 146 Å². The SMILES string of the molecule is c1ccc(-n2c3ccc([Si]4(c5ccccc5)c5ccccc5-c5ccccc54)cc3c3ccc4c(c32)-c2ccccc2C4)cc1. The lowest BCUT2D eigenvalue weighted by molar-refractivity contribution is 1.18. The van der Waals surface area contributed by atoms with Crippen molar-refractivity contribution in [3.8, 4) is 27.9 Å². The first-order chi connectivity index (χ1) is 22.3. The van der Waals surface area contributed by atoms with Crippen LogP contribution < -0.4 is 20.7 Å². The molecule has 7 aromatic carbocycles. The summed E-state index contributed by atoms with van der Waals surface area (Å²) < 4.78 is 2.52. The van der Waals surface area contributed by atoms with Gasteiger partial charge in [0.1, 0.15) is 0 Å². The minimum absolute atomic E-state index is 0.987. The first kappa shape index (κ1) is 24.9. The molecule has 1 aliphatic heterocycles. The summed E-state index contributed by atoms with van der Waals surface area (Å²) >= 11 is 0. The average Bonchev–Trinajstić information content (AvgIpc) is 3.75. The van der Waals surface area contributed by atoms with Gasteiger partial charge in [-0.25, -0.2) is 0 Å². The van der Waals surface area contributed by atoms with Gasteiger partial charge in [0.05, 0.1) is 11.0 Å². The molecule has 8 aromatic rings. The number of benzene rings is 7. The Morgan fingerprint density at radius 1 is 0.444 bits per heavy atom. The van der Waals surface area contributed by atoms with Gasteiger partial charge in [0, 0.05) is 22.0 Å². The molecule has 0 N–H and O–H groups in total. The molecule has 0 atom stereocenters. The van der Waals surface area contributed by atoms with E-state index in [0.29, 0.717) is 0 Å². The zero-order valence-corrected chi connectivity index (χ0v) is 25.7. The first-order valence-electron chi connectivity index (χ1n) is 15.8. The summed E-state index contributed by atoms with van der Waals surface area (Å²) in [4.78, 5) is 0. The molecule has 0 radical (unpaired) electrons. The van der Waals surface area contributed by atoms with Crippen LogP contribution in [0.1, 0.15) is 11.1 Å². The molecule has 45 heavy (non-hydrogen) atoms. The summed E-state index contributed by atoms with van der Waals surface area (Å²) in [5.74, 6) is 0. The summed E-state index contributed by atoms with van der Waals surface area (Å²) in [5, 5.41) is 8.48. The number of hydrogen-bond donors (Lipinski definition) is 0. The maximum atomic E-state index is 2.56. The van der Waals surface area contributed by atoms with Crippen LogP contribution in [0.3, 0.4) is 0 Å². The highest BCUT2D eigenvalue weighted by molar-refractivity contribution is 7.22. The van der Waals surface area contributed by atoms with E-state index in [0.717, 1.165) is 6.42 Å². The highest BCUT2D eigenvalue weighted by atomic mass is 28.3. The molecule has 0 spiro atoms. The van der Waals surface area contributed by atoms with E-state index in [-0.39, 0.29) is 0 Å². The Morgan fingerprint density at radius 3 is 1.80 bits per heavy atom. The number of nitrogens with zero attached hydrogens (tertiary/aromatic N) is 1. The molecule has 0 fully saturated rings. The van der Waals surface area contributed by atoms with Crippen LogP contribution in [0.25, 0.3) is 49.7 Å². The van der Waals surface area contributed by atoms with Crippen molar-refractivity contribution in [3.05, 3.63) is 175 Å². The number of hydrogen-bond acceptors (Lipinski definition) is 0. The molecule has 0 amide bonds. The van der Waals surface area contributed by atoms with E-state index in [1.807, 2.05) is 0 Å². The Balaban J connectivity index is 1.35. The molecule has 1 aromatic heterocycles. The lowest BCUT2D eigenvalue weighted by Gasteiger charge is -2.31. The molecule has 1 aliphatic carbocycles. The van der Waals surface area contributed by atoms with E-state index in [9.17, 15) is 0 Å². The van der Waals surface area contributed by atoms with E-state index in [1.165, 1.54) is 81.6 Å². The maximum absolute atomic E-state index is 2.59. The van der Waals surface area contributed by atoms with Crippen LogP contribution in [-0.4, -0.2) is 12.6 Å². The molecule has 0 saturated carbocycles. The minimum Gasteiger partial charge on any atom is -0.309 e. The first-order valence-corrected chi connectivity index (χ1v) is 17.8. The predicted molar refractivity (Wildman–Crippen MR) is 192 cm³/mol. The van der Waals surface area contributed by atoms with Crippen LogP contribution in [0.4, 0.5) is 0 Å². The largest absolute Gasteiger partial charge is 0.309 e. The van der Waals surface area contributed by atoms with E-state index in [2.05, 4.69) is 168 Å². The van der Waals surface area contributed by atoms with Crippen LogP contribution >= 0.6 is 0 Å². The molecular weight excluding hydrogens is 559 g/mol. The molecule has 10 rings (SSSR count). The Morgan fingerprint density at radius 2 is 1.07 bits per heavy atom. The highest BCUT2D eigenvalue weighted by Gasteiger charge is 2.48.